The van der Waals surface area contributed by atoms with Crippen molar-refractivity contribution in [3.63, 3.8) is 0 Å². The molecular formula is C24H27N3O3. The SMILES string of the molecule is O=C(NC[C@@H](c1ccco1)N1CCN(c2ccccc2)CC1)OCc1ccccc1. The minimum Gasteiger partial charge on any atom is -0.468 e. The Labute approximate surface area is 177 Å². The summed E-state index contributed by atoms with van der Waals surface area (Å²) in [7, 11) is 0. The van der Waals surface area contributed by atoms with E-state index in [1.807, 2.05) is 48.5 Å². The molecule has 1 aromatic heterocycles. The number of ether oxygens (including phenoxy) is 1. The molecule has 1 aliphatic rings. The van der Waals surface area contributed by atoms with Crippen molar-refractivity contribution >= 4 is 11.8 Å². The summed E-state index contributed by atoms with van der Waals surface area (Å²) in [6.45, 7) is 4.33. The van der Waals surface area contributed by atoms with E-state index in [0.29, 0.717) is 6.54 Å². The smallest absolute Gasteiger partial charge is 0.407 e. The van der Waals surface area contributed by atoms with Gasteiger partial charge in [0.05, 0.1) is 12.3 Å². The first-order chi connectivity index (χ1) is 14.8. The summed E-state index contributed by atoms with van der Waals surface area (Å²) >= 11 is 0. The summed E-state index contributed by atoms with van der Waals surface area (Å²) < 4.78 is 11.0. The van der Waals surface area contributed by atoms with Gasteiger partial charge in [0.2, 0.25) is 0 Å². The van der Waals surface area contributed by atoms with Crippen LogP contribution < -0.4 is 10.2 Å². The maximum Gasteiger partial charge on any atom is 0.407 e. The Bertz CT molecular complexity index is 892. The molecule has 1 amide bonds. The number of alkyl carbamates (subject to hydrolysis) is 1. The van der Waals surface area contributed by atoms with Gasteiger partial charge in [0, 0.05) is 38.4 Å². The maximum absolute atomic E-state index is 12.2. The number of hydrogen-bond acceptors (Lipinski definition) is 5. The second-order valence-electron chi connectivity index (χ2n) is 7.33. The van der Waals surface area contributed by atoms with Gasteiger partial charge in [0.1, 0.15) is 12.4 Å². The molecule has 4 rings (SSSR count). The number of nitrogens with zero attached hydrogens (tertiary/aromatic N) is 2. The Morgan fingerprint density at radius 2 is 1.63 bits per heavy atom. The standard InChI is InChI=1S/C24H27N3O3/c28-24(30-19-20-8-3-1-4-9-20)25-18-22(23-12-7-17-29-23)27-15-13-26(14-16-27)21-10-5-2-6-11-21/h1-12,17,22H,13-16,18-19H2,(H,25,28)/t22-/m0/s1. The van der Waals surface area contributed by atoms with E-state index in [2.05, 4.69) is 39.4 Å². The molecule has 1 N–H and O–H groups in total. The van der Waals surface area contributed by atoms with Crippen LogP contribution in [0, 0.1) is 0 Å². The van der Waals surface area contributed by atoms with E-state index in [4.69, 9.17) is 9.15 Å². The molecule has 0 saturated carbocycles. The topological polar surface area (TPSA) is 58.0 Å². The number of carbonyl (C=O) groups is 1. The number of amides is 1. The van der Waals surface area contributed by atoms with Crippen molar-refractivity contribution in [3.8, 4) is 0 Å². The van der Waals surface area contributed by atoms with Gasteiger partial charge in [0.15, 0.2) is 0 Å². The lowest BCUT2D eigenvalue weighted by Gasteiger charge is -2.39. The number of hydrogen-bond donors (Lipinski definition) is 1. The zero-order valence-electron chi connectivity index (χ0n) is 16.9. The molecule has 2 heterocycles. The summed E-state index contributed by atoms with van der Waals surface area (Å²) in [4.78, 5) is 17.0. The van der Waals surface area contributed by atoms with Gasteiger partial charge in [-0.05, 0) is 29.8 Å². The molecule has 0 spiro atoms. The van der Waals surface area contributed by atoms with E-state index in [1.165, 1.54) is 5.69 Å². The van der Waals surface area contributed by atoms with Gasteiger partial charge in [-0.2, -0.15) is 0 Å². The van der Waals surface area contributed by atoms with E-state index >= 15 is 0 Å². The number of rotatable bonds is 7. The van der Waals surface area contributed by atoms with Crippen molar-refractivity contribution in [2.45, 2.75) is 12.6 Å². The Balaban J connectivity index is 1.32. The normalized spacial score (nSPS) is 15.5. The van der Waals surface area contributed by atoms with Gasteiger partial charge in [-0.3, -0.25) is 4.90 Å². The first kappa shape index (κ1) is 20.0. The van der Waals surface area contributed by atoms with Gasteiger partial charge in [-0.25, -0.2) is 4.79 Å². The summed E-state index contributed by atoms with van der Waals surface area (Å²) in [6.07, 6.45) is 1.26. The van der Waals surface area contributed by atoms with Crippen LogP contribution in [0.5, 0.6) is 0 Å². The molecule has 1 atom stereocenters. The third kappa shape index (κ3) is 5.21. The van der Waals surface area contributed by atoms with Crippen molar-refractivity contribution in [3.05, 3.63) is 90.4 Å². The number of anilines is 1. The first-order valence-corrected chi connectivity index (χ1v) is 10.3. The van der Waals surface area contributed by atoms with E-state index in [1.54, 1.807) is 6.26 Å². The van der Waals surface area contributed by atoms with E-state index in [9.17, 15) is 4.79 Å². The summed E-state index contributed by atoms with van der Waals surface area (Å²) in [5.74, 6) is 0.853. The molecule has 0 radical (unpaired) electrons. The highest BCUT2D eigenvalue weighted by Gasteiger charge is 2.27. The van der Waals surface area contributed by atoms with Crippen molar-refractivity contribution in [1.29, 1.82) is 0 Å². The fourth-order valence-corrected chi connectivity index (χ4v) is 3.78. The van der Waals surface area contributed by atoms with Gasteiger partial charge in [0.25, 0.3) is 0 Å². The van der Waals surface area contributed by atoms with Crippen LogP contribution in [0.25, 0.3) is 0 Å². The number of para-hydroxylation sites is 1. The molecule has 3 aromatic rings. The largest absolute Gasteiger partial charge is 0.468 e. The van der Waals surface area contributed by atoms with Gasteiger partial charge in [-0.1, -0.05) is 48.5 Å². The third-order valence-corrected chi connectivity index (χ3v) is 5.40. The van der Waals surface area contributed by atoms with Crippen LogP contribution in [0.4, 0.5) is 10.5 Å². The number of piperazine rings is 1. The van der Waals surface area contributed by atoms with Crippen molar-refractivity contribution in [2.24, 2.45) is 0 Å². The lowest BCUT2D eigenvalue weighted by Crippen LogP contribution is -2.49. The zero-order chi connectivity index (χ0) is 20.6. The molecule has 0 bridgehead atoms. The van der Waals surface area contributed by atoms with Crippen LogP contribution >= 0.6 is 0 Å². The Morgan fingerprint density at radius 1 is 0.933 bits per heavy atom. The second-order valence-corrected chi connectivity index (χ2v) is 7.33. The fraction of sp³-hybridized carbons (Fsp3) is 0.292. The predicted molar refractivity (Wildman–Crippen MR) is 116 cm³/mol. The van der Waals surface area contributed by atoms with E-state index < -0.39 is 6.09 Å². The van der Waals surface area contributed by atoms with Crippen molar-refractivity contribution < 1.29 is 13.9 Å². The third-order valence-electron chi connectivity index (χ3n) is 5.40. The number of furan rings is 1. The van der Waals surface area contributed by atoms with Gasteiger partial charge in [-0.15, -0.1) is 0 Å². The number of benzene rings is 2. The zero-order valence-corrected chi connectivity index (χ0v) is 16.9. The number of nitrogens with one attached hydrogen (secondary N) is 1. The van der Waals surface area contributed by atoms with Crippen molar-refractivity contribution in [1.82, 2.24) is 10.2 Å². The van der Waals surface area contributed by atoms with Crippen LogP contribution in [-0.4, -0.2) is 43.7 Å². The molecule has 30 heavy (non-hydrogen) atoms. The first-order valence-electron chi connectivity index (χ1n) is 10.3. The summed E-state index contributed by atoms with van der Waals surface area (Å²) in [6, 6.07) is 24.0. The van der Waals surface area contributed by atoms with Gasteiger partial charge >= 0.3 is 6.09 Å². The van der Waals surface area contributed by atoms with Gasteiger partial charge < -0.3 is 19.4 Å². The molecule has 0 unspecified atom stereocenters. The molecule has 156 valence electrons. The summed E-state index contributed by atoms with van der Waals surface area (Å²) in [5.41, 5.74) is 2.21. The molecular weight excluding hydrogens is 378 g/mol. The van der Waals surface area contributed by atoms with Crippen LogP contribution in [-0.2, 0) is 11.3 Å². The molecule has 0 aliphatic carbocycles. The quantitative estimate of drug-likeness (QED) is 0.642. The van der Waals surface area contributed by atoms with Crippen LogP contribution in [0.2, 0.25) is 0 Å². The Kier molecular flexibility index (Phi) is 6.67. The average Bonchev–Trinajstić information content (AvgIpc) is 3.34. The predicted octanol–water partition coefficient (Wildman–Crippen LogP) is 4.07. The highest BCUT2D eigenvalue weighted by Crippen LogP contribution is 2.24. The van der Waals surface area contributed by atoms with Crippen molar-refractivity contribution in [2.75, 3.05) is 37.6 Å². The monoisotopic (exact) mass is 405 g/mol. The average molecular weight is 405 g/mol. The lowest BCUT2D eigenvalue weighted by atomic mass is 10.1. The Morgan fingerprint density at radius 3 is 2.30 bits per heavy atom. The molecule has 1 saturated heterocycles. The fourth-order valence-electron chi connectivity index (χ4n) is 3.78. The second kappa shape index (κ2) is 9.98. The Hall–Kier alpha value is -3.25. The van der Waals surface area contributed by atoms with E-state index in [0.717, 1.165) is 37.5 Å². The molecule has 6 nitrogen and oxygen atoms in total. The van der Waals surface area contributed by atoms with E-state index in [-0.39, 0.29) is 12.6 Å². The highest BCUT2D eigenvalue weighted by atomic mass is 16.5. The minimum absolute atomic E-state index is 0.0257. The molecule has 1 fully saturated rings. The van der Waals surface area contributed by atoms with Crippen LogP contribution in [0.3, 0.4) is 0 Å². The maximum atomic E-state index is 12.2. The molecule has 1 aliphatic heterocycles. The molecule has 2 aromatic carbocycles. The summed E-state index contributed by atoms with van der Waals surface area (Å²) in [5, 5.41) is 2.91. The van der Waals surface area contributed by atoms with Crippen LogP contribution in [0.15, 0.2) is 83.5 Å². The number of carbonyl (C=O) groups excluding carboxylic acids is 1. The minimum atomic E-state index is -0.418. The highest BCUT2D eigenvalue weighted by molar-refractivity contribution is 5.67. The lowest BCUT2D eigenvalue weighted by molar-refractivity contribution is 0.126. The molecule has 6 heteroatoms. The van der Waals surface area contributed by atoms with Crippen LogP contribution in [0.1, 0.15) is 17.4 Å².